The van der Waals surface area contributed by atoms with Crippen LogP contribution in [0.5, 0.6) is 17.2 Å². The van der Waals surface area contributed by atoms with Gasteiger partial charge in [0.1, 0.15) is 0 Å². The van der Waals surface area contributed by atoms with Crippen molar-refractivity contribution in [3.05, 3.63) is 23.6 Å². The van der Waals surface area contributed by atoms with Crippen molar-refractivity contribution in [1.29, 1.82) is 0 Å². The van der Waals surface area contributed by atoms with Crippen LogP contribution >= 0.6 is 0 Å². The lowest BCUT2D eigenvalue weighted by atomic mass is 9.99. The SMILES string of the molecule is CC[C]c1cc(OC)c(O)c(OC)c1CC. The Morgan fingerprint density at radius 1 is 1.25 bits per heavy atom. The zero-order valence-electron chi connectivity index (χ0n) is 10.3. The van der Waals surface area contributed by atoms with E-state index in [4.69, 9.17) is 9.47 Å². The van der Waals surface area contributed by atoms with Crippen LogP contribution in [0.1, 0.15) is 31.4 Å². The molecule has 1 rings (SSSR count). The van der Waals surface area contributed by atoms with E-state index in [1.807, 2.05) is 13.8 Å². The molecule has 88 valence electrons. The van der Waals surface area contributed by atoms with E-state index in [1.165, 1.54) is 7.11 Å². The second kappa shape index (κ2) is 5.64. The number of aromatic hydroxyl groups is 1. The molecule has 16 heavy (non-hydrogen) atoms. The van der Waals surface area contributed by atoms with Crippen LogP contribution in [-0.2, 0) is 6.42 Å². The molecule has 0 fully saturated rings. The van der Waals surface area contributed by atoms with Crippen molar-refractivity contribution in [2.45, 2.75) is 26.7 Å². The van der Waals surface area contributed by atoms with Gasteiger partial charge in [-0.15, -0.1) is 0 Å². The zero-order valence-corrected chi connectivity index (χ0v) is 10.3. The van der Waals surface area contributed by atoms with Gasteiger partial charge in [0, 0.05) is 12.0 Å². The van der Waals surface area contributed by atoms with Gasteiger partial charge in [-0.2, -0.15) is 0 Å². The van der Waals surface area contributed by atoms with Crippen LogP contribution in [-0.4, -0.2) is 19.3 Å². The molecule has 0 spiro atoms. The topological polar surface area (TPSA) is 38.7 Å². The number of hydrogen-bond donors (Lipinski definition) is 1. The summed E-state index contributed by atoms with van der Waals surface area (Å²) < 4.78 is 10.3. The quantitative estimate of drug-likeness (QED) is 0.832. The minimum atomic E-state index is 0.0588. The van der Waals surface area contributed by atoms with Gasteiger partial charge in [0.05, 0.1) is 14.2 Å². The average molecular weight is 222 g/mol. The van der Waals surface area contributed by atoms with Gasteiger partial charge < -0.3 is 14.6 Å². The van der Waals surface area contributed by atoms with E-state index in [9.17, 15) is 5.11 Å². The first-order valence-corrected chi connectivity index (χ1v) is 5.40. The Kier molecular flexibility index (Phi) is 4.47. The highest BCUT2D eigenvalue weighted by Crippen LogP contribution is 2.41. The summed E-state index contributed by atoms with van der Waals surface area (Å²) in [5.41, 5.74) is 1.90. The summed E-state index contributed by atoms with van der Waals surface area (Å²) in [4.78, 5) is 0. The Hall–Kier alpha value is -1.38. The van der Waals surface area contributed by atoms with Crippen molar-refractivity contribution in [3.8, 4) is 17.2 Å². The van der Waals surface area contributed by atoms with E-state index in [0.29, 0.717) is 11.5 Å². The van der Waals surface area contributed by atoms with Gasteiger partial charge in [-0.1, -0.05) is 13.8 Å². The van der Waals surface area contributed by atoms with Crippen LogP contribution in [0, 0.1) is 6.42 Å². The zero-order chi connectivity index (χ0) is 12.1. The Bertz CT molecular complexity index is 359. The fourth-order valence-electron chi connectivity index (χ4n) is 1.74. The van der Waals surface area contributed by atoms with E-state index in [-0.39, 0.29) is 5.75 Å². The van der Waals surface area contributed by atoms with E-state index >= 15 is 0 Å². The number of benzene rings is 1. The molecule has 0 unspecified atom stereocenters. The number of methoxy groups -OCH3 is 2. The molecule has 3 heteroatoms. The lowest BCUT2D eigenvalue weighted by Gasteiger charge is -2.16. The summed E-state index contributed by atoms with van der Waals surface area (Å²) in [6.45, 7) is 4.04. The number of rotatable bonds is 5. The van der Waals surface area contributed by atoms with Crippen molar-refractivity contribution in [3.63, 3.8) is 0 Å². The molecule has 0 saturated carbocycles. The molecule has 3 nitrogen and oxygen atoms in total. The van der Waals surface area contributed by atoms with E-state index in [0.717, 1.165) is 24.0 Å². The monoisotopic (exact) mass is 222 g/mol. The summed E-state index contributed by atoms with van der Waals surface area (Å²) in [5, 5.41) is 9.92. The van der Waals surface area contributed by atoms with Gasteiger partial charge in [0.15, 0.2) is 11.5 Å². The maximum absolute atomic E-state index is 9.92. The molecule has 0 bridgehead atoms. The Labute approximate surface area is 97.0 Å². The molecule has 0 aliphatic carbocycles. The van der Waals surface area contributed by atoms with Crippen LogP contribution in [0.4, 0.5) is 0 Å². The van der Waals surface area contributed by atoms with Crippen LogP contribution in [0.3, 0.4) is 0 Å². The van der Waals surface area contributed by atoms with Crippen LogP contribution < -0.4 is 9.47 Å². The Morgan fingerprint density at radius 2 is 1.94 bits per heavy atom. The second-order valence-electron chi connectivity index (χ2n) is 3.37. The van der Waals surface area contributed by atoms with Crippen molar-refractivity contribution in [2.24, 2.45) is 0 Å². The van der Waals surface area contributed by atoms with Crippen molar-refractivity contribution >= 4 is 0 Å². The minimum absolute atomic E-state index is 0.0588. The first kappa shape index (κ1) is 12.7. The predicted octanol–water partition coefficient (Wildman–Crippen LogP) is 2.81. The van der Waals surface area contributed by atoms with Gasteiger partial charge in [0.2, 0.25) is 5.75 Å². The lowest BCUT2D eigenvalue weighted by molar-refractivity contribution is 0.337. The van der Waals surface area contributed by atoms with Gasteiger partial charge in [-0.05, 0) is 24.5 Å². The highest BCUT2D eigenvalue weighted by molar-refractivity contribution is 5.59. The third-order valence-electron chi connectivity index (χ3n) is 2.47. The molecule has 1 aromatic carbocycles. The maximum atomic E-state index is 9.92. The minimum Gasteiger partial charge on any atom is -0.502 e. The summed E-state index contributed by atoms with van der Waals surface area (Å²) in [5.74, 6) is 0.964. The molecule has 1 aromatic rings. The summed E-state index contributed by atoms with van der Waals surface area (Å²) in [6, 6.07) is 1.79. The largest absolute Gasteiger partial charge is 0.502 e. The van der Waals surface area contributed by atoms with Gasteiger partial charge in [-0.3, -0.25) is 0 Å². The number of phenols is 1. The standard InChI is InChI=1S/C13H18O3/c1-5-7-9-8-11(15-3)12(14)13(16-4)10(9)6-2/h8,14H,5-6H2,1-4H3. The fraction of sp³-hybridized carbons (Fsp3) is 0.462. The smallest absolute Gasteiger partial charge is 0.201 e. The lowest BCUT2D eigenvalue weighted by Crippen LogP contribution is -1.99. The summed E-state index contributed by atoms with van der Waals surface area (Å²) in [7, 11) is 3.07. The molecule has 0 saturated heterocycles. The first-order chi connectivity index (χ1) is 7.69. The number of hydrogen-bond acceptors (Lipinski definition) is 3. The maximum Gasteiger partial charge on any atom is 0.201 e. The molecule has 2 radical (unpaired) electrons. The average Bonchev–Trinajstić information content (AvgIpc) is 2.30. The van der Waals surface area contributed by atoms with E-state index in [1.54, 1.807) is 13.2 Å². The molecule has 0 atom stereocenters. The third-order valence-corrected chi connectivity index (χ3v) is 2.47. The predicted molar refractivity (Wildman–Crippen MR) is 63.2 cm³/mol. The number of ether oxygens (including phenoxy) is 2. The van der Waals surface area contributed by atoms with Gasteiger partial charge >= 0.3 is 0 Å². The first-order valence-electron chi connectivity index (χ1n) is 5.40. The van der Waals surface area contributed by atoms with Crippen LogP contribution in [0.2, 0.25) is 0 Å². The van der Waals surface area contributed by atoms with Crippen molar-refractivity contribution in [2.75, 3.05) is 14.2 Å². The van der Waals surface area contributed by atoms with Crippen LogP contribution in [0.15, 0.2) is 6.07 Å². The van der Waals surface area contributed by atoms with Crippen LogP contribution in [0.25, 0.3) is 0 Å². The number of phenolic OH excluding ortho intramolecular Hbond substituents is 1. The summed E-state index contributed by atoms with van der Waals surface area (Å²) >= 11 is 0. The highest BCUT2D eigenvalue weighted by Gasteiger charge is 2.17. The van der Waals surface area contributed by atoms with Crippen molar-refractivity contribution in [1.82, 2.24) is 0 Å². The summed E-state index contributed by atoms with van der Waals surface area (Å²) in [6.07, 6.45) is 4.82. The molecule has 0 amide bonds. The van der Waals surface area contributed by atoms with Gasteiger partial charge in [0.25, 0.3) is 0 Å². The Morgan fingerprint density at radius 3 is 2.38 bits per heavy atom. The normalized spacial score (nSPS) is 10.2. The highest BCUT2D eigenvalue weighted by atomic mass is 16.5. The molecule has 0 aromatic heterocycles. The fourth-order valence-corrected chi connectivity index (χ4v) is 1.74. The molecule has 0 heterocycles. The molecule has 1 N–H and O–H groups in total. The molecular weight excluding hydrogens is 204 g/mol. The molecule has 0 aliphatic rings. The molecular formula is C13H18O3. The van der Waals surface area contributed by atoms with Gasteiger partial charge in [-0.25, -0.2) is 0 Å². The second-order valence-corrected chi connectivity index (χ2v) is 3.37. The Balaban J connectivity index is 3.37. The van der Waals surface area contributed by atoms with E-state index in [2.05, 4.69) is 6.42 Å². The van der Waals surface area contributed by atoms with E-state index < -0.39 is 0 Å². The third kappa shape index (κ3) is 2.23. The van der Waals surface area contributed by atoms with Crippen molar-refractivity contribution < 1.29 is 14.6 Å². The molecule has 0 aliphatic heterocycles.